The third-order valence-electron chi connectivity index (χ3n) is 4.61. The zero-order valence-corrected chi connectivity index (χ0v) is 12.8. The van der Waals surface area contributed by atoms with Crippen LogP contribution in [0.15, 0.2) is 43.0 Å². The minimum atomic E-state index is -0.855. The van der Waals surface area contributed by atoms with Crippen molar-refractivity contribution < 1.29 is 5.11 Å². The highest BCUT2D eigenvalue weighted by molar-refractivity contribution is 6.30. The lowest BCUT2D eigenvalue weighted by atomic mass is 9.73. The van der Waals surface area contributed by atoms with E-state index in [1.807, 2.05) is 35.0 Å². The average Bonchev–Trinajstić information content (AvgIpc) is 3.01. The number of hydrogen-bond donors (Lipinski definition) is 1. The third kappa shape index (κ3) is 3.14. The van der Waals surface area contributed by atoms with Gasteiger partial charge < -0.3 is 9.67 Å². The van der Waals surface area contributed by atoms with E-state index in [2.05, 4.69) is 4.98 Å². The molecule has 1 aliphatic carbocycles. The van der Waals surface area contributed by atoms with Crippen LogP contribution in [0.5, 0.6) is 0 Å². The van der Waals surface area contributed by atoms with Crippen molar-refractivity contribution in [2.24, 2.45) is 5.92 Å². The number of aromatic nitrogens is 2. The van der Waals surface area contributed by atoms with Crippen LogP contribution in [0.25, 0.3) is 0 Å². The topological polar surface area (TPSA) is 38.0 Å². The molecule has 0 amide bonds. The lowest BCUT2D eigenvalue weighted by molar-refractivity contribution is -0.0532. The molecule has 1 aliphatic rings. The molecule has 21 heavy (non-hydrogen) atoms. The van der Waals surface area contributed by atoms with Crippen molar-refractivity contribution >= 4 is 11.6 Å². The Balaban J connectivity index is 1.94. The second kappa shape index (κ2) is 6.20. The van der Waals surface area contributed by atoms with Gasteiger partial charge >= 0.3 is 0 Å². The average molecular weight is 305 g/mol. The minimum absolute atomic E-state index is 0.287. The van der Waals surface area contributed by atoms with Crippen LogP contribution < -0.4 is 0 Å². The number of benzene rings is 1. The molecule has 1 aromatic heterocycles. The Bertz CT molecular complexity index is 561. The van der Waals surface area contributed by atoms with Crippen molar-refractivity contribution in [1.82, 2.24) is 9.55 Å². The summed E-state index contributed by atoms with van der Waals surface area (Å²) in [6.07, 6.45) is 11.3. The molecule has 4 heteroatoms. The van der Waals surface area contributed by atoms with Crippen molar-refractivity contribution in [1.29, 1.82) is 0 Å². The summed E-state index contributed by atoms with van der Waals surface area (Å²) in [5.74, 6) is 0.287. The van der Waals surface area contributed by atoms with E-state index in [1.54, 1.807) is 12.5 Å². The van der Waals surface area contributed by atoms with E-state index in [0.717, 1.165) is 18.4 Å². The summed E-state index contributed by atoms with van der Waals surface area (Å²) in [6, 6.07) is 7.62. The molecule has 0 saturated heterocycles. The fourth-order valence-electron chi connectivity index (χ4n) is 3.43. The summed E-state index contributed by atoms with van der Waals surface area (Å²) < 4.78 is 1.96. The molecule has 1 aromatic carbocycles. The summed E-state index contributed by atoms with van der Waals surface area (Å²) in [7, 11) is 0. The molecule has 1 saturated carbocycles. The first-order chi connectivity index (χ1) is 10.2. The highest BCUT2D eigenvalue weighted by atomic mass is 35.5. The van der Waals surface area contributed by atoms with Crippen LogP contribution in [-0.2, 0) is 12.1 Å². The van der Waals surface area contributed by atoms with Crippen LogP contribution in [0.1, 0.15) is 37.7 Å². The van der Waals surface area contributed by atoms with Crippen molar-refractivity contribution in [2.45, 2.75) is 44.2 Å². The third-order valence-corrected chi connectivity index (χ3v) is 4.86. The zero-order chi connectivity index (χ0) is 14.7. The second-order valence-electron chi connectivity index (χ2n) is 6.00. The lowest BCUT2D eigenvalue weighted by Gasteiger charge is -2.39. The summed E-state index contributed by atoms with van der Waals surface area (Å²) >= 11 is 5.99. The first-order valence-electron chi connectivity index (χ1n) is 7.63. The Morgan fingerprint density at radius 1 is 1.19 bits per heavy atom. The van der Waals surface area contributed by atoms with Gasteiger partial charge in [0.05, 0.1) is 12.9 Å². The van der Waals surface area contributed by atoms with Gasteiger partial charge in [-0.2, -0.15) is 0 Å². The van der Waals surface area contributed by atoms with Gasteiger partial charge in [-0.3, -0.25) is 0 Å². The zero-order valence-electron chi connectivity index (χ0n) is 12.1. The van der Waals surface area contributed by atoms with E-state index in [-0.39, 0.29) is 5.92 Å². The molecule has 1 atom stereocenters. The lowest BCUT2D eigenvalue weighted by Crippen LogP contribution is -2.40. The van der Waals surface area contributed by atoms with E-state index in [1.165, 1.54) is 19.3 Å². The number of halogens is 1. The smallest absolute Gasteiger partial charge is 0.110 e. The standard InChI is InChI=1S/C17H21ClN2O/c18-16-8-6-15(7-9-16)17(21,12-20-11-10-19-13-20)14-4-2-1-3-5-14/h6-11,13-14,21H,1-5,12H2. The maximum atomic E-state index is 11.5. The number of rotatable bonds is 4. The Kier molecular flexibility index (Phi) is 4.32. The molecule has 1 fully saturated rings. The van der Waals surface area contributed by atoms with Crippen LogP contribution in [0.3, 0.4) is 0 Å². The fourth-order valence-corrected chi connectivity index (χ4v) is 3.56. The molecule has 0 spiro atoms. The molecule has 3 rings (SSSR count). The predicted molar refractivity (Wildman–Crippen MR) is 84.2 cm³/mol. The van der Waals surface area contributed by atoms with E-state index in [0.29, 0.717) is 11.6 Å². The van der Waals surface area contributed by atoms with E-state index < -0.39 is 5.60 Å². The Labute approximate surface area is 130 Å². The number of nitrogens with zero attached hydrogens (tertiary/aromatic N) is 2. The van der Waals surface area contributed by atoms with Gasteiger partial charge in [-0.25, -0.2) is 4.98 Å². The van der Waals surface area contributed by atoms with Crippen LogP contribution in [0, 0.1) is 5.92 Å². The highest BCUT2D eigenvalue weighted by Gasteiger charge is 2.39. The monoisotopic (exact) mass is 304 g/mol. The van der Waals surface area contributed by atoms with Crippen LogP contribution >= 0.6 is 11.6 Å². The van der Waals surface area contributed by atoms with Crippen molar-refractivity contribution in [3.8, 4) is 0 Å². The van der Waals surface area contributed by atoms with Crippen LogP contribution in [-0.4, -0.2) is 14.7 Å². The first kappa shape index (κ1) is 14.6. The van der Waals surface area contributed by atoms with Crippen molar-refractivity contribution in [3.05, 3.63) is 53.6 Å². The van der Waals surface area contributed by atoms with E-state index in [9.17, 15) is 5.11 Å². The molecular formula is C17H21ClN2O. The van der Waals surface area contributed by atoms with Gasteiger partial charge in [0.15, 0.2) is 0 Å². The quantitative estimate of drug-likeness (QED) is 0.927. The fraction of sp³-hybridized carbons (Fsp3) is 0.471. The van der Waals surface area contributed by atoms with Gasteiger partial charge in [0, 0.05) is 17.4 Å². The maximum absolute atomic E-state index is 11.5. The van der Waals surface area contributed by atoms with Crippen molar-refractivity contribution in [2.75, 3.05) is 0 Å². The Hall–Kier alpha value is -1.32. The van der Waals surface area contributed by atoms with Crippen LogP contribution in [0.4, 0.5) is 0 Å². The molecule has 0 aliphatic heterocycles. The molecule has 1 N–H and O–H groups in total. The molecule has 112 valence electrons. The molecule has 0 radical (unpaired) electrons. The summed E-state index contributed by atoms with van der Waals surface area (Å²) in [5, 5.41) is 12.2. The summed E-state index contributed by atoms with van der Waals surface area (Å²) in [4.78, 5) is 4.09. The SMILES string of the molecule is OC(Cn1ccnc1)(c1ccc(Cl)cc1)C1CCCCC1. The van der Waals surface area contributed by atoms with Crippen LogP contribution in [0.2, 0.25) is 5.02 Å². The largest absolute Gasteiger partial charge is 0.383 e. The predicted octanol–water partition coefficient (Wildman–Crippen LogP) is 4.00. The van der Waals surface area contributed by atoms with Gasteiger partial charge in [-0.1, -0.05) is 43.0 Å². The van der Waals surface area contributed by atoms with Gasteiger partial charge in [-0.05, 0) is 36.5 Å². The van der Waals surface area contributed by atoms with E-state index >= 15 is 0 Å². The molecular weight excluding hydrogens is 284 g/mol. The number of aliphatic hydroxyl groups is 1. The van der Waals surface area contributed by atoms with Gasteiger partial charge in [0.2, 0.25) is 0 Å². The normalized spacial score (nSPS) is 19.3. The molecule has 1 unspecified atom stereocenters. The van der Waals surface area contributed by atoms with Gasteiger partial charge in [0.1, 0.15) is 5.60 Å². The minimum Gasteiger partial charge on any atom is -0.383 e. The number of hydrogen-bond acceptors (Lipinski definition) is 2. The number of imidazole rings is 1. The Morgan fingerprint density at radius 2 is 1.90 bits per heavy atom. The highest BCUT2D eigenvalue weighted by Crippen LogP contribution is 2.40. The molecule has 3 nitrogen and oxygen atoms in total. The van der Waals surface area contributed by atoms with Gasteiger partial charge in [0.25, 0.3) is 0 Å². The Morgan fingerprint density at radius 3 is 2.52 bits per heavy atom. The summed E-state index contributed by atoms with van der Waals surface area (Å²) in [6.45, 7) is 0.541. The molecule has 1 heterocycles. The molecule has 0 bridgehead atoms. The van der Waals surface area contributed by atoms with Gasteiger partial charge in [-0.15, -0.1) is 0 Å². The van der Waals surface area contributed by atoms with Crippen molar-refractivity contribution in [3.63, 3.8) is 0 Å². The summed E-state index contributed by atoms with van der Waals surface area (Å²) in [5.41, 5.74) is 0.0959. The first-order valence-corrected chi connectivity index (χ1v) is 8.00. The van der Waals surface area contributed by atoms with E-state index in [4.69, 9.17) is 11.6 Å². The second-order valence-corrected chi connectivity index (χ2v) is 6.44. The molecule has 2 aromatic rings. The maximum Gasteiger partial charge on any atom is 0.110 e.